The van der Waals surface area contributed by atoms with Crippen molar-refractivity contribution >= 4 is 6.03 Å². The Hall–Kier alpha value is -0.990. The molecule has 0 spiro atoms. The number of carbonyl (C=O) groups excluding carboxylic acids is 1. The fraction of sp³-hybridized carbons (Fsp3) is 0.667. The predicted octanol–water partition coefficient (Wildman–Crippen LogP) is 1.37. The van der Waals surface area contributed by atoms with Gasteiger partial charge in [-0.25, -0.2) is 4.79 Å². The first kappa shape index (κ1) is 9.10. The van der Waals surface area contributed by atoms with E-state index in [-0.39, 0.29) is 11.6 Å². The molecule has 1 aliphatic heterocycles. The maximum atomic E-state index is 11.4. The minimum absolute atomic E-state index is 0.0208. The van der Waals surface area contributed by atoms with Crippen LogP contribution in [0, 0.1) is 0 Å². The summed E-state index contributed by atoms with van der Waals surface area (Å²) in [6.45, 7) is 7.42. The van der Waals surface area contributed by atoms with Gasteiger partial charge in [0.05, 0.1) is 0 Å². The SMILES string of the molecule is CC(C)(C)NC(=O)N1CC=CC1. The highest BCUT2D eigenvalue weighted by atomic mass is 16.2. The van der Waals surface area contributed by atoms with Gasteiger partial charge in [-0.3, -0.25) is 0 Å². The van der Waals surface area contributed by atoms with Crippen LogP contribution in [0.25, 0.3) is 0 Å². The number of amides is 2. The van der Waals surface area contributed by atoms with Crippen LogP contribution >= 0.6 is 0 Å². The average Bonchev–Trinajstić information content (AvgIpc) is 2.32. The molecule has 0 saturated carbocycles. The second-order valence-corrected chi connectivity index (χ2v) is 4.06. The number of nitrogens with zero attached hydrogens (tertiary/aromatic N) is 1. The van der Waals surface area contributed by atoms with Crippen LogP contribution in [0.15, 0.2) is 12.2 Å². The van der Waals surface area contributed by atoms with E-state index < -0.39 is 0 Å². The van der Waals surface area contributed by atoms with Gasteiger partial charge in [-0.1, -0.05) is 12.2 Å². The molecule has 0 bridgehead atoms. The van der Waals surface area contributed by atoms with Crippen LogP contribution in [0.4, 0.5) is 4.79 Å². The summed E-state index contributed by atoms with van der Waals surface area (Å²) in [4.78, 5) is 13.2. The molecule has 0 radical (unpaired) electrons. The Labute approximate surface area is 73.4 Å². The molecule has 0 unspecified atom stereocenters. The molecule has 68 valence electrons. The normalized spacial score (nSPS) is 16.8. The maximum absolute atomic E-state index is 11.4. The fourth-order valence-corrected chi connectivity index (χ4v) is 1.04. The summed E-state index contributed by atoms with van der Waals surface area (Å²) in [5, 5.41) is 2.91. The lowest BCUT2D eigenvalue weighted by atomic mass is 10.1. The zero-order valence-corrected chi connectivity index (χ0v) is 7.92. The van der Waals surface area contributed by atoms with Gasteiger partial charge in [0.1, 0.15) is 0 Å². The van der Waals surface area contributed by atoms with Gasteiger partial charge in [0, 0.05) is 18.6 Å². The number of carbonyl (C=O) groups is 1. The van der Waals surface area contributed by atoms with Crippen LogP contribution in [0.1, 0.15) is 20.8 Å². The molecular formula is C9H16N2O. The van der Waals surface area contributed by atoms with Gasteiger partial charge in [0.2, 0.25) is 0 Å². The molecule has 0 aliphatic carbocycles. The lowest BCUT2D eigenvalue weighted by molar-refractivity contribution is 0.201. The molecule has 12 heavy (non-hydrogen) atoms. The van der Waals surface area contributed by atoms with Crippen molar-refractivity contribution in [2.24, 2.45) is 0 Å². The lowest BCUT2D eigenvalue weighted by Crippen LogP contribution is -2.47. The molecule has 0 fully saturated rings. The Morgan fingerprint density at radius 1 is 1.33 bits per heavy atom. The minimum Gasteiger partial charge on any atom is -0.333 e. The molecule has 1 heterocycles. The first-order valence-electron chi connectivity index (χ1n) is 4.21. The molecule has 1 N–H and O–H groups in total. The Kier molecular flexibility index (Phi) is 2.40. The molecule has 1 aliphatic rings. The Morgan fingerprint density at radius 2 is 1.83 bits per heavy atom. The van der Waals surface area contributed by atoms with Gasteiger partial charge in [-0.15, -0.1) is 0 Å². The van der Waals surface area contributed by atoms with Gasteiger partial charge >= 0.3 is 6.03 Å². The zero-order valence-electron chi connectivity index (χ0n) is 7.92. The lowest BCUT2D eigenvalue weighted by Gasteiger charge is -2.25. The van der Waals surface area contributed by atoms with Crippen molar-refractivity contribution in [2.45, 2.75) is 26.3 Å². The van der Waals surface area contributed by atoms with Crippen molar-refractivity contribution < 1.29 is 4.79 Å². The van der Waals surface area contributed by atoms with E-state index in [0.29, 0.717) is 0 Å². The highest BCUT2D eigenvalue weighted by Gasteiger charge is 2.19. The summed E-state index contributed by atoms with van der Waals surface area (Å²) in [7, 11) is 0. The number of rotatable bonds is 0. The molecule has 0 aromatic carbocycles. The number of nitrogens with one attached hydrogen (secondary N) is 1. The number of urea groups is 1. The summed E-state index contributed by atoms with van der Waals surface area (Å²) in [5.74, 6) is 0. The van der Waals surface area contributed by atoms with Crippen LogP contribution in [0.3, 0.4) is 0 Å². The summed E-state index contributed by atoms with van der Waals surface area (Å²) in [5.41, 5.74) is -0.139. The number of hydrogen-bond acceptors (Lipinski definition) is 1. The molecule has 1 rings (SSSR count). The second-order valence-electron chi connectivity index (χ2n) is 4.06. The Morgan fingerprint density at radius 3 is 2.25 bits per heavy atom. The van der Waals surface area contributed by atoms with E-state index in [0.717, 1.165) is 13.1 Å². The van der Waals surface area contributed by atoms with Crippen molar-refractivity contribution in [1.82, 2.24) is 10.2 Å². The van der Waals surface area contributed by atoms with Gasteiger partial charge in [0.25, 0.3) is 0 Å². The Bertz CT molecular complexity index is 195. The molecule has 0 aromatic rings. The number of hydrogen-bond donors (Lipinski definition) is 1. The van der Waals surface area contributed by atoms with Crippen LogP contribution in [0.2, 0.25) is 0 Å². The van der Waals surface area contributed by atoms with Crippen LogP contribution < -0.4 is 5.32 Å². The van der Waals surface area contributed by atoms with Gasteiger partial charge in [-0.05, 0) is 20.8 Å². The maximum Gasteiger partial charge on any atom is 0.318 e. The monoisotopic (exact) mass is 168 g/mol. The van der Waals surface area contributed by atoms with Gasteiger partial charge < -0.3 is 10.2 Å². The largest absolute Gasteiger partial charge is 0.333 e. The van der Waals surface area contributed by atoms with E-state index >= 15 is 0 Å². The summed E-state index contributed by atoms with van der Waals surface area (Å²) in [6, 6.07) is 0.0208. The second kappa shape index (κ2) is 3.17. The van der Waals surface area contributed by atoms with Crippen molar-refractivity contribution in [2.75, 3.05) is 13.1 Å². The third-order valence-electron chi connectivity index (χ3n) is 1.59. The van der Waals surface area contributed by atoms with E-state index in [1.54, 1.807) is 4.90 Å². The Balaban J connectivity index is 2.39. The molecule has 2 amide bonds. The molecule has 3 nitrogen and oxygen atoms in total. The molecule has 0 saturated heterocycles. The summed E-state index contributed by atoms with van der Waals surface area (Å²) >= 11 is 0. The van der Waals surface area contributed by atoms with Crippen molar-refractivity contribution in [3.8, 4) is 0 Å². The smallest absolute Gasteiger partial charge is 0.318 e. The van der Waals surface area contributed by atoms with Crippen molar-refractivity contribution in [1.29, 1.82) is 0 Å². The summed E-state index contributed by atoms with van der Waals surface area (Å²) < 4.78 is 0. The standard InChI is InChI=1S/C9H16N2O/c1-9(2,3)10-8(12)11-6-4-5-7-11/h4-5H,6-7H2,1-3H3,(H,10,12). The zero-order chi connectivity index (χ0) is 9.19. The highest BCUT2D eigenvalue weighted by Crippen LogP contribution is 2.03. The quantitative estimate of drug-likeness (QED) is 0.544. The molecule has 0 atom stereocenters. The predicted molar refractivity (Wildman–Crippen MR) is 49.0 cm³/mol. The molecule has 0 aromatic heterocycles. The van der Waals surface area contributed by atoms with Crippen molar-refractivity contribution in [3.63, 3.8) is 0 Å². The van der Waals surface area contributed by atoms with E-state index in [2.05, 4.69) is 5.32 Å². The van der Waals surface area contributed by atoms with Crippen LogP contribution in [0.5, 0.6) is 0 Å². The fourth-order valence-electron chi connectivity index (χ4n) is 1.04. The van der Waals surface area contributed by atoms with E-state index in [1.165, 1.54) is 0 Å². The van der Waals surface area contributed by atoms with Crippen molar-refractivity contribution in [3.05, 3.63) is 12.2 Å². The third kappa shape index (κ3) is 2.57. The van der Waals surface area contributed by atoms with Crippen LogP contribution in [-0.4, -0.2) is 29.6 Å². The van der Waals surface area contributed by atoms with E-state index in [4.69, 9.17) is 0 Å². The van der Waals surface area contributed by atoms with E-state index in [1.807, 2.05) is 32.9 Å². The minimum atomic E-state index is -0.139. The third-order valence-corrected chi connectivity index (χ3v) is 1.59. The van der Waals surface area contributed by atoms with Gasteiger partial charge in [-0.2, -0.15) is 0 Å². The molecule has 3 heteroatoms. The average molecular weight is 168 g/mol. The van der Waals surface area contributed by atoms with Crippen LogP contribution in [-0.2, 0) is 0 Å². The topological polar surface area (TPSA) is 32.3 Å². The van der Waals surface area contributed by atoms with E-state index in [9.17, 15) is 4.79 Å². The first-order valence-corrected chi connectivity index (χ1v) is 4.21. The molecular weight excluding hydrogens is 152 g/mol. The summed E-state index contributed by atoms with van der Waals surface area (Å²) in [6.07, 6.45) is 4.00. The first-order chi connectivity index (χ1) is 5.49. The van der Waals surface area contributed by atoms with Gasteiger partial charge in [0.15, 0.2) is 0 Å². The highest BCUT2D eigenvalue weighted by molar-refractivity contribution is 5.75.